The largest absolute Gasteiger partial charge is 0.586 e. The third-order valence-electron chi connectivity index (χ3n) is 4.03. The lowest BCUT2D eigenvalue weighted by atomic mass is 10.2. The van der Waals surface area contributed by atoms with Crippen LogP contribution in [0.2, 0.25) is 0 Å². The molecule has 0 atom stereocenters. The molecule has 132 valence electrons. The zero-order valence-corrected chi connectivity index (χ0v) is 13.7. The standard InChI is InChI=1S/C16H14F2N2O4S/c17-16(18)23-14-5-1-3-11(15(14)24-16)10-20(12-6-7-12)25(21,22)13-4-2-8-19-9-13/h1-5,8-9,12H,6-7,10H2. The van der Waals surface area contributed by atoms with Gasteiger partial charge in [0.15, 0.2) is 11.5 Å². The van der Waals surface area contributed by atoms with E-state index in [2.05, 4.69) is 14.5 Å². The molecule has 1 fully saturated rings. The minimum atomic E-state index is -3.80. The molecule has 2 aromatic rings. The molecule has 6 nitrogen and oxygen atoms in total. The van der Waals surface area contributed by atoms with Crippen LogP contribution < -0.4 is 9.47 Å². The Morgan fingerprint density at radius 2 is 2.00 bits per heavy atom. The Labute approximate surface area is 143 Å². The maximum Gasteiger partial charge on any atom is 0.586 e. The van der Waals surface area contributed by atoms with Crippen molar-refractivity contribution in [3.8, 4) is 11.5 Å². The van der Waals surface area contributed by atoms with Gasteiger partial charge < -0.3 is 9.47 Å². The predicted molar refractivity (Wildman–Crippen MR) is 82.6 cm³/mol. The number of sulfonamides is 1. The number of benzene rings is 1. The van der Waals surface area contributed by atoms with E-state index >= 15 is 0 Å². The highest BCUT2D eigenvalue weighted by Gasteiger charge is 2.45. The van der Waals surface area contributed by atoms with Crippen molar-refractivity contribution >= 4 is 10.0 Å². The molecule has 0 saturated heterocycles. The molecule has 9 heteroatoms. The van der Waals surface area contributed by atoms with Crippen LogP contribution in [0.4, 0.5) is 8.78 Å². The van der Waals surface area contributed by atoms with Crippen LogP contribution in [0, 0.1) is 0 Å². The maximum absolute atomic E-state index is 13.3. The Bertz CT molecular complexity index is 902. The number of halogens is 2. The van der Waals surface area contributed by atoms with Gasteiger partial charge in [-0.2, -0.15) is 4.31 Å². The van der Waals surface area contributed by atoms with Crippen LogP contribution in [0.1, 0.15) is 18.4 Å². The summed E-state index contributed by atoms with van der Waals surface area (Å²) in [7, 11) is -3.80. The van der Waals surface area contributed by atoms with E-state index in [9.17, 15) is 17.2 Å². The van der Waals surface area contributed by atoms with Gasteiger partial charge in [-0.1, -0.05) is 12.1 Å². The van der Waals surface area contributed by atoms with Crippen molar-refractivity contribution in [3.05, 3.63) is 48.3 Å². The highest BCUT2D eigenvalue weighted by molar-refractivity contribution is 7.89. The van der Waals surface area contributed by atoms with Crippen LogP contribution in [-0.4, -0.2) is 30.0 Å². The number of fused-ring (bicyclic) bond motifs is 1. The first-order valence-electron chi connectivity index (χ1n) is 7.66. The monoisotopic (exact) mass is 368 g/mol. The van der Waals surface area contributed by atoms with Crippen molar-refractivity contribution in [1.82, 2.24) is 9.29 Å². The fourth-order valence-corrected chi connectivity index (χ4v) is 4.35. The summed E-state index contributed by atoms with van der Waals surface area (Å²) in [4.78, 5) is 3.91. The lowest BCUT2D eigenvalue weighted by Gasteiger charge is -2.22. The summed E-state index contributed by atoms with van der Waals surface area (Å²) in [5.41, 5.74) is 0.328. The molecule has 0 bridgehead atoms. The van der Waals surface area contributed by atoms with E-state index in [0.29, 0.717) is 5.56 Å². The molecule has 1 aromatic carbocycles. The minimum Gasteiger partial charge on any atom is -0.395 e. The molecular weight excluding hydrogens is 354 g/mol. The Morgan fingerprint density at radius 1 is 1.20 bits per heavy atom. The normalized spacial score (nSPS) is 18.5. The molecule has 25 heavy (non-hydrogen) atoms. The van der Waals surface area contributed by atoms with E-state index in [1.54, 1.807) is 6.07 Å². The maximum atomic E-state index is 13.3. The zero-order chi connectivity index (χ0) is 17.7. The molecule has 2 heterocycles. The molecule has 0 unspecified atom stereocenters. The average molecular weight is 368 g/mol. The van der Waals surface area contributed by atoms with Crippen molar-refractivity contribution in [2.24, 2.45) is 0 Å². The van der Waals surface area contributed by atoms with Crippen LogP contribution in [0.15, 0.2) is 47.6 Å². The molecule has 0 amide bonds. The molecule has 1 saturated carbocycles. The second kappa shape index (κ2) is 5.63. The summed E-state index contributed by atoms with van der Waals surface area (Å²) in [6, 6.07) is 7.27. The van der Waals surface area contributed by atoms with Crippen LogP contribution in [-0.2, 0) is 16.6 Å². The number of aromatic nitrogens is 1. The number of ether oxygens (including phenoxy) is 2. The molecular formula is C16H14F2N2O4S. The topological polar surface area (TPSA) is 68.7 Å². The lowest BCUT2D eigenvalue weighted by molar-refractivity contribution is -0.287. The number of para-hydroxylation sites is 1. The highest BCUT2D eigenvalue weighted by atomic mass is 32.2. The molecule has 1 aromatic heterocycles. The van der Waals surface area contributed by atoms with E-state index < -0.39 is 16.3 Å². The molecule has 1 aliphatic heterocycles. The fourth-order valence-electron chi connectivity index (χ4n) is 2.73. The van der Waals surface area contributed by atoms with Gasteiger partial charge in [0, 0.05) is 30.5 Å². The zero-order valence-electron chi connectivity index (χ0n) is 12.9. The van der Waals surface area contributed by atoms with Crippen LogP contribution in [0.5, 0.6) is 11.5 Å². The average Bonchev–Trinajstić information content (AvgIpc) is 3.35. The van der Waals surface area contributed by atoms with Crippen molar-refractivity contribution in [1.29, 1.82) is 0 Å². The van der Waals surface area contributed by atoms with E-state index in [4.69, 9.17) is 0 Å². The lowest BCUT2D eigenvalue weighted by Crippen LogP contribution is -2.33. The number of alkyl halides is 2. The summed E-state index contributed by atoms with van der Waals surface area (Å²) in [6.07, 6.45) is 0.459. The minimum absolute atomic E-state index is 0.0666. The van der Waals surface area contributed by atoms with E-state index in [0.717, 1.165) is 12.8 Å². The van der Waals surface area contributed by atoms with Gasteiger partial charge in [0.1, 0.15) is 4.90 Å². The molecule has 0 radical (unpaired) electrons. The van der Waals surface area contributed by atoms with Crippen molar-refractivity contribution in [3.63, 3.8) is 0 Å². The summed E-state index contributed by atoms with van der Waals surface area (Å²) in [6.45, 7) is -0.0789. The van der Waals surface area contributed by atoms with Gasteiger partial charge in [0.25, 0.3) is 0 Å². The summed E-state index contributed by atoms with van der Waals surface area (Å²) in [5.74, 6) is -0.225. The smallest absolute Gasteiger partial charge is 0.395 e. The fraction of sp³-hybridized carbons (Fsp3) is 0.312. The SMILES string of the molecule is O=S(=O)(c1cccnc1)N(Cc1cccc2c1OC(F)(F)O2)C1CC1. The van der Waals surface area contributed by atoms with Gasteiger partial charge in [0.05, 0.1) is 0 Å². The number of nitrogens with zero attached hydrogens (tertiary/aromatic N) is 2. The van der Waals surface area contributed by atoms with Gasteiger partial charge in [-0.3, -0.25) is 4.98 Å². The summed E-state index contributed by atoms with van der Waals surface area (Å²) < 4.78 is 62.8. The van der Waals surface area contributed by atoms with Gasteiger partial charge in [-0.05, 0) is 31.0 Å². The summed E-state index contributed by atoms with van der Waals surface area (Å²) >= 11 is 0. The Kier molecular flexibility index (Phi) is 3.66. The number of rotatable bonds is 5. The van der Waals surface area contributed by atoms with E-state index in [1.165, 1.54) is 41.0 Å². The van der Waals surface area contributed by atoms with Crippen molar-refractivity contribution in [2.75, 3.05) is 0 Å². The molecule has 2 aliphatic rings. The summed E-state index contributed by atoms with van der Waals surface area (Å²) in [5, 5.41) is 0. The predicted octanol–water partition coefficient (Wildman–Crippen LogP) is 2.76. The van der Waals surface area contributed by atoms with Gasteiger partial charge >= 0.3 is 6.29 Å². The Hall–Kier alpha value is -2.26. The van der Waals surface area contributed by atoms with Crippen LogP contribution in [0.25, 0.3) is 0 Å². The van der Waals surface area contributed by atoms with Gasteiger partial charge in [0.2, 0.25) is 10.0 Å². The second-order valence-corrected chi connectivity index (χ2v) is 7.77. The highest BCUT2D eigenvalue weighted by Crippen LogP contribution is 2.44. The van der Waals surface area contributed by atoms with Gasteiger partial charge in [-0.15, -0.1) is 8.78 Å². The third kappa shape index (κ3) is 3.05. The first-order valence-corrected chi connectivity index (χ1v) is 9.10. The second-order valence-electron chi connectivity index (χ2n) is 5.88. The first-order chi connectivity index (χ1) is 11.9. The van der Waals surface area contributed by atoms with Crippen molar-refractivity contribution < 1.29 is 26.7 Å². The van der Waals surface area contributed by atoms with Crippen LogP contribution >= 0.6 is 0 Å². The molecule has 4 rings (SSSR count). The number of hydrogen-bond acceptors (Lipinski definition) is 5. The third-order valence-corrected chi connectivity index (χ3v) is 5.91. The van der Waals surface area contributed by atoms with E-state index in [1.807, 2.05) is 0 Å². The van der Waals surface area contributed by atoms with Gasteiger partial charge in [-0.25, -0.2) is 8.42 Å². The number of hydrogen-bond donors (Lipinski definition) is 0. The van der Waals surface area contributed by atoms with E-state index in [-0.39, 0.29) is 29.0 Å². The molecule has 1 aliphatic carbocycles. The molecule has 0 N–H and O–H groups in total. The van der Waals surface area contributed by atoms with Crippen molar-refractivity contribution in [2.45, 2.75) is 36.6 Å². The molecule has 0 spiro atoms. The Morgan fingerprint density at radius 3 is 2.68 bits per heavy atom. The quantitative estimate of drug-likeness (QED) is 0.812. The Balaban J connectivity index is 1.69. The number of pyridine rings is 1. The first kappa shape index (κ1) is 16.2. The van der Waals surface area contributed by atoms with Crippen LogP contribution in [0.3, 0.4) is 0 Å².